The number of hydrogen-bond donors (Lipinski definition) is 3. The van der Waals surface area contributed by atoms with Crippen LogP contribution in [-0.2, 0) is 9.53 Å². The van der Waals surface area contributed by atoms with Gasteiger partial charge in [0.05, 0.1) is 12.7 Å². The van der Waals surface area contributed by atoms with E-state index < -0.39 is 18.4 Å². The number of nitrogens with zero attached hydrogens (tertiary/aromatic N) is 1. The van der Waals surface area contributed by atoms with Crippen LogP contribution in [0, 0.1) is 5.92 Å². The number of carbonyl (C=O) groups excluding carboxylic acids is 1. The molecule has 1 amide bonds. The van der Waals surface area contributed by atoms with E-state index in [0.717, 1.165) is 0 Å². The fraction of sp³-hybridized carbons (Fsp3) is 0.615. The summed E-state index contributed by atoms with van der Waals surface area (Å²) in [6.07, 6.45) is 0.349. The Hall–Kier alpha value is -1.37. The molecule has 0 spiro atoms. The van der Waals surface area contributed by atoms with Crippen molar-refractivity contribution in [1.29, 1.82) is 0 Å². The number of amides is 1. The van der Waals surface area contributed by atoms with Crippen molar-refractivity contribution in [2.45, 2.75) is 38.7 Å². The van der Waals surface area contributed by atoms with Gasteiger partial charge < -0.3 is 25.2 Å². The first-order valence-electron chi connectivity index (χ1n) is 6.38. The lowest BCUT2D eigenvalue weighted by molar-refractivity contribution is -0.119. The smallest absolute Gasteiger partial charge is 0.254 e. The van der Waals surface area contributed by atoms with Gasteiger partial charge in [0.25, 0.3) is 5.91 Å². The third-order valence-electron chi connectivity index (χ3n) is 3.43. The number of ether oxygens (including phenoxy) is 1. The highest BCUT2D eigenvalue weighted by Crippen LogP contribution is 2.28. The second kappa shape index (κ2) is 5.32. The van der Waals surface area contributed by atoms with Crippen molar-refractivity contribution in [2.24, 2.45) is 5.92 Å². The zero-order valence-electron chi connectivity index (χ0n) is 11.2. The van der Waals surface area contributed by atoms with Crippen molar-refractivity contribution in [3.8, 4) is 0 Å². The Labute approximate surface area is 112 Å². The monoisotopic (exact) mass is 268 g/mol. The molecular formula is C13H20N2O4. The van der Waals surface area contributed by atoms with Crippen LogP contribution in [0.25, 0.3) is 0 Å². The van der Waals surface area contributed by atoms with Gasteiger partial charge in [-0.1, -0.05) is 20.4 Å². The van der Waals surface area contributed by atoms with E-state index in [-0.39, 0.29) is 18.4 Å². The van der Waals surface area contributed by atoms with Crippen molar-refractivity contribution in [2.75, 3.05) is 6.61 Å². The van der Waals surface area contributed by atoms with E-state index in [0.29, 0.717) is 17.8 Å². The topological polar surface area (TPSA) is 82.0 Å². The maximum absolute atomic E-state index is 11.8. The van der Waals surface area contributed by atoms with Gasteiger partial charge >= 0.3 is 0 Å². The molecular weight excluding hydrogens is 248 g/mol. The molecule has 0 aromatic heterocycles. The summed E-state index contributed by atoms with van der Waals surface area (Å²) in [5, 5.41) is 21.5. The van der Waals surface area contributed by atoms with Gasteiger partial charge in [-0.15, -0.1) is 0 Å². The Bertz CT molecular complexity index is 419. The summed E-state index contributed by atoms with van der Waals surface area (Å²) in [5.41, 5.74) is 0.637. The van der Waals surface area contributed by atoms with Crippen molar-refractivity contribution < 1.29 is 19.7 Å². The normalized spacial score (nSPS) is 31.7. The van der Waals surface area contributed by atoms with E-state index in [9.17, 15) is 9.90 Å². The molecule has 0 radical (unpaired) electrons. The van der Waals surface area contributed by atoms with Gasteiger partial charge in [0.2, 0.25) is 0 Å². The molecule has 3 N–H and O–H groups in total. The summed E-state index contributed by atoms with van der Waals surface area (Å²) in [5.74, 6) is 0.342. The summed E-state index contributed by atoms with van der Waals surface area (Å²) in [6, 6.07) is 0. The highest BCUT2D eigenvalue weighted by molar-refractivity contribution is 5.95. The lowest BCUT2D eigenvalue weighted by atomic mass is 10.0. The predicted octanol–water partition coefficient (Wildman–Crippen LogP) is -0.103. The number of rotatable bonds is 3. The molecule has 0 aromatic carbocycles. The van der Waals surface area contributed by atoms with Crippen LogP contribution < -0.4 is 5.32 Å². The highest BCUT2D eigenvalue weighted by atomic mass is 16.5. The second-order valence-electron chi connectivity index (χ2n) is 5.16. The van der Waals surface area contributed by atoms with E-state index in [4.69, 9.17) is 9.84 Å². The van der Waals surface area contributed by atoms with Gasteiger partial charge in [-0.25, -0.2) is 0 Å². The predicted molar refractivity (Wildman–Crippen MR) is 68.4 cm³/mol. The third kappa shape index (κ3) is 2.65. The maximum atomic E-state index is 11.8. The van der Waals surface area contributed by atoms with Crippen LogP contribution in [0.5, 0.6) is 0 Å². The van der Waals surface area contributed by atoms with Gasteiger partial charge in [0.1, 0.15) is 18.2 Å². The molecule has 2 aliphatic rings. The quantitative estimate of drug-likeness (QED) is 0.666. The molecule has 106 valence electrons. The fourth-order valence-corrected chi connectivity index (χ4v) is 2.27. The first-order valence-corrected chi connectivity index (χ1v) is 6.38. The van der Waals surface area contributed by atoms with Gasteiger partial charge in [0.15, 0.2) is 0 Å². The van der Waals surface area contributed by atoms with E-state index in [2.05, 4.69) is 11.9 Å². The largest absolute Gasteiger partial charge is 0.394 e. The first-order chi connectivity index (χ1) is 8.93. The molecule has 0 saturated carbocycles. The minimum Gasteiger partial charge on any atom is -0.394 e. The van der Waals surface area contributed by atoms with Crippen LogP contribution in [0.15, 0.2) is 24.2 Å². The van der Waals surface area contributed by atoms with E-state index in [1.165, 1.54) is 0 Å². The van der Waals surface area contributed by atoms with Crippen molar-refractivity contribution >= 4 is 5.91 Å². The molecule has 0 aromatic rings. The number of hydrogen-bond acceptors (Lipinski definition) is 5. The molecule has 1 saturated heterocycles. The zero-order valence-corrected chi connectivity index (χ0v) is 11.2. The van der Waals surface area contributed by atoms with Crippen LogP contribution in [0.3, 0.4) is 0 Å². The first kappa shape index (κ1) is 14.0. The molecule has 6 heteroatoms. The third-order valence-corrected chi connectivity index (χ3v) is 3.43. The molecule has 0 aliphatic carbocycles. The zero-order chi connectivity index (χ0) is 14.2. The van der Waals surface area contributed by atoms with E-state index >= 15 is 0 Å². The molecule has 6 nitrogen and oxygen atoms in total. The van der Waals surface area contributed by atoms with Crippen LogP contribution >= 0.6 is 0 Å². The Morgan fingerprint density at radius 3 is 2.84 bits per heavy atom. The molecule has 3 atom stereocenters. The van der Waals surface area contributed by atoms with E-state index in [1.54, 1.807) is 11.1 Å². The molecule has 2 aliphatic heterocycles. The minimum absolute atomic E-state index is 0.0792. The molecule has 2 rings (SSSR count). The average Bonchev–Trinajstić information content (AvgIpc) is 2.69. The van der Waals surface area contributed by atoms with Gasteiger partial charge in [-0.05, 0) is 5.92 Å². The Morgan fingerprint density at radius 1 is 1.63 bits per heavy atom. The van der Waals surface area contributed by atoms with Crippen LogP contribution in [0.1, 0.15) is 20.3 Å². The van der Waals surface area contributed by atoms with Crippen LogP contribution in [0.4, 0.5) is 0 Å². The van der Waals surface area contributed by atoms with Crippen molar-refractivity contribution in [3.05, 3.63) is 24.2 Å². The van der Waals surface area contributed by atoms with Crippen molar-refractivity contribution in [1.82, 2.24) is 10.2 Å². The Morgan fingerprint density at radius 2 is 2.32 bits per heavy atom. The van der Waals surface area contributed by atoms with E-state index in [1.807, 2.05) is 13.8 Å². The summed E-state index contributed by atoms with van der Waals surface area (Å²) in [6.45, 7) is 7.41. The molecule has 0 bridgehead atoms. The molecule has 1 fully saturated rings. The van der Waals surface area contributed by atoms with Crippen LogP contribution in [-0.4, -0.2) is 46.1 Å². The Balaban J connectivity index is 2.19. The summed E-state index contributed by atoms with van der Waals surface area (Å²) in [4.78, 5) is 13.5. The standard InChI is InChI=1S/C13H20N2O4/c1-7(2)9-5-15(8(3)14-13(9)18)12-4-10(17)11(6-16)19-12/h5,7,10-12,16-17H,3-4,6H2,1-2H3,(H,14,18)/t10-,11-,12-/m1/s1. The maximum Gasteiger partial charge on any atom is 0.254 e. The second-order valence-corrected chi connectivity index (χ2v) is 5.16. The minimum atomic E-state index is -0.712. The van der Waals surface area contributed by atoms with Gasteiger partial charge in [-0.2, -0.15) is 0 Å². The lowest BCUT2D eigenvalue weighted by Crippen LogP contribution is -2.44. The Kier molecular flexibility index (Phi) is 3.93. The summed E-state index contributed by atoms with van der Waals surface area (Å²) < 4.78 is 5.57. The number of aliphatic hydroxyl groups excluding tert-OH is 2. The van der Waals surface area contributed by atoms with Gasteiger partial charge in [0, 0.05) is 18.2 Å². The number of nitrogens with one attached hydrogen (secondary N) is 1. The van der Waals surface area contributed by atoms with Crippen molar-refractivity contribution in [3.63, 3.8) is 0 Å². The number of aliphatic hydroxyl groups is 2. The summed E-state index contributed by atoms with van der Waals surface area (Å²) >= 11 is 0. The fourth-order valence-electron chi connectivity index (χ4n) is 2.27. The molecule has 19 heavy (non-hydrogen) atoms. The summed E-state index contributed by atoms with van der Waals surface area (Å²) in [7, 11) is 0. The highest BCUT2D eigenvalue weighted by Gasteiger charge is 2.38. The number of carbonyl (C=O) groups is 1. The van der Waals surface area contributed by atoms with Gasteiger partial charge in [-0.3, -0.25) is 4.79 Å². The SMILES string of the molecule is C=C1NC(=O)C(C(C)C)=CN1[C@H]1C[C@@H](O)[C@@H](CO)O1. The molecule has 2 heterocycles. The molecule has 0 unspecified atom stereocenters. The average molecular weight is 268 g/mol. The van der Waals surface area contributed by atoms with Crippen LogP contribution in [0.2, 0.25) is 0 Å². The lowest BCUT2D eigenvalue weighted by Gasteiger charge is -2.34.